The number of halogens is 1. The maximum atomic E-state index is 5.81. The minimum absolute atomic E-state index is 0.526. The Morgan fingerprint density at radius 2 is 2.05 bits per heavy atom. The zero-order valence-corrected chi connectivity index (χ0v) is 13.0. The van der Waals surface area contributed by atoms with E-state index in [1.165, 1.54) is 12.8 Å². The fourth-order valence-corrected chi connectivity index (χ4v) is 2.46. The van der Waals surface area contributed by atoms with E-state index in [9.17, 15) is 0 Å². The van der Waals surface area contributed by atoms with Gasteiger partial charge in [-0.15, -0.1) is 0 Å². The summed E-state index contributed by atoms with van der Waals surface area (Å²) in [5.74, 6) is 2.44. The van der Waals surface area contributed by atoms with E-state index in [1.54, 1.807) is 13.3 Å². The van der Waals surface area contributed by atoms with Gasteiger partial charge in [-0.3, -0.25) is 4.68 Å². The summed E-state index contributed by atoms with van der Waals surface area (Å²) < 4.78 is 13.8. The number of methoxy groups -OCH3 is 1. The largest absolute Gasteiger partial charge is 0.497 e. The Morgan fingerprint density at radius 3 is 2.70 bits per heavy atom. The Morgan fingerprint density at radius 1 is 1.30 bits per heavy atom. The minimum Gasteiger partial charge on any atom is -0.497 e. The topological polar surface area (TPSA) is 36.3 Å². The highest BCUT2D eigenvalue weighted by molar-refractivity contribution is 9.10. The molecule has 3 rings (SSSR count). The van der Waals surface area contributed by atoms with Crippen LogP contribution in [0.2, 0.25) is 0 Å². The van der Waals surface area contributed by atoms with Crippen LogP contribution in [0, 0.1) is 5.92 Å². The van der Waals surface area contributed by atoms with Gasteiger partial charge in [0.2, 0.25) is 0 Å². The van der Waals surface area contributed by atoms with Crippen molar-refractivity contribution in [2.24, 2.45) is 5.92 Å². The number of hydrogen-bond donors (Lipinski definition) is 0. The molecule has 1 saturated carbocycles. The van der Waals surface area contributed by atoms with Gasteiger partial charge in [0, 0.05) is 6.54 Å². The molecule has 0 bridgehead atoms. The van der Waals surface area contributed by atoms with Crippen LogP contribution in [-0.4, -0.2) is 16.9 Å². The van der Waals surface area contributed by atoms with Crippen LogP contribution in [0.5, 0.6) is 11.5 Å². The predicted molar refractivity (Wildman–Crippen MR) is 80.0 cm³/mol. The molecular weight excluding hydrogens is 320 g/mol. The molecule has 1 fully saturated rings. The maximum Gasteiger partial charge on any atom is 0.172 e. The molecule has 1 heterocycles. The lowest BCUT2D eigenvalue weighted by molar-refractivity contribution is 0.303. The van der Waals surface area contributed by atoms with Gasteiger partial charge in [-0.1, -0.05) is 12.1 Å². The van der Waals surface area contributed by atoms with E-state index < -0.39 is 0 Å². The molecule has 20 heavy (non-hydrogen) atoms. The van der Waals surface area contributed by atoms with Crippen molar-refractivity contribution in [3.8, 4) is 11.5 Å². The third-order valence-corrected chi connectivity index (χ3v) is 4.23. The number of hydrogen-bond acceptors (Lipinski definition) is 3. The van der Waals surface area contributed by atoms with Gasteiger partial charge in [0.1, 0.15) is 17.0 Å². The first kappa shape index (κ1) is 13.5. The zero-order chi connectivity index (χ0) is 13.9. The van der Waals surface area contributed by atoms with E-state index in [-0.39, 0.29) is 0 Å². The van der Waals surface area contributed by atoms with Gasteiger partial charge in [-0.05, 0) is 52.4 Å². The summed E-state index contributed by atoms with van der Waals surface area (Å²) in [5, 5.41) is 4.36. The van der Waals surface area contributed by atoms with Crippen molar-refractivity contribution in [1.29, 1.82) is 0 Å². The molecule has 0 radical (unpaired) electrons. The summed E-state index contributed by atoms with van der Waals surface area (Å²) >= 11 is 3.56. The zero-order valence-electron chi connectivity index (χ0n) is 11.4. The van der Waals surface area contributed by atoms with Gasteiger partial charge in [-0.2, -0.15) is 5.10 Å². The quantitative estimate of drug-likeness (QED) is 0.807. The first-order valence-corrected chi connectivity index (χ1v) is 7.52. The SMILES string of the molecule is COc1ccc(COc2cnn(CC3CC3)c2Br)cc1. The number of nitrogens with zero attached hydrogens (tertiary/aromatic N) is 2. The lowest BCUT2D eigenvalue weighted by Crippen LogP contribution is -2.02. The molecule has 1 aromatic carbocycles. The summed E-state index contributed by atoms with van der Waals surface area (Å²) in [5.41, 5.74) is 1.10. The van der Waals surface area contributed by atoms with E-state index in [1.807, 2.05) is 28.9 Å². The van der Waals surface area contributed by atoms with Crippen LogP contribution >= 0.6 is 15.9 Å². The molecule has 5 heteroatoms. The van der Waals surface area contributed by atoms with Crippen LogP contribution < -0.4 is 9.47 Å². The first-order valence-electron chi connectivity index (χ1n) is 6.73. The Hall–Kier alpha value is -1.49. The molecule has 4 nitrogen and oxygen atoms in total. The summed E-state index contributed by atoms with van der Waals surface area (Å²) in [4.78, 5) is 0. The van der Waals surface area contributed by atoms with Crippen molar-refractivity contribution < 1.29 is 9.47 Å². The summed E-state index contributed by atoms with van der Waals surface area (Å²) in [6.45, 7) is 1.50. The standard InChI is InChI=1S/C15H17BrN2O2/c1-19-13-6-4-12(5-7-13)10-20-14-8-17-18(15(14)16)9-11-2-3-11/h4-8,11H,2-3,9-10H2,1H3. The normalized spacial score (nSPS) is 14.3. The maximum absolute atomic E-state index is 5.81. The van der Waals surface area contributed by atoms with Crippen molar-refractivity contribution in [2.45, 2.75) is 26.0 Å². The van der Waals surface area contributed by atoms with Gasteiger partial charge in [-0.25, -0.2) is 0 Å². The third-order valence-electron chi connectivity index (χ3n) is 3.43. The van der Waals surface area contributed by atoms with Gasteiger partial charge in [0.05, 0.1) is 13.3 Å². The molecule has 0 unspecified atom stereocenters. The molecular formula is C15H17BrN2O2. The van der Waals surface area contributed by atoms with Gasteiger partial charge >= 0.3 is 0 Å². The van der Waals surface area contributed by atoms with E-state index >= 15 is 0 Å². The second-order valence-corrected chi connectivity index (χ2v) is 5.81. The average Bonchev–Trinajstić information content (AvgIpc) is 3.23. The number of ether oxygens (including phenoxy) is 2. The van der Waals surface area contributed by atoms with Gasteiger partial charge in [0.15, 0.2) is 5.75 Å². The first-order chi connectivity index (χ1) is 9.76. The molecule has 1 aliphatic rings. The van der Waals surface area contributed by atoms with Crippen molar-refractivity contribution >= 4 is 15.9 Å². The Balaban J connectivity index is 1.60. The molecule has 0 N–H and O–H groups in total. The molecule has 106 valence electrons. The van der Waals surface area contributed by atoms with Crippen LogP contribution in [0.15, 0.2) is 35.1 Å². The van der Waals surface area contributed by atoms with E-state index in [0.717, 1.165) is 34.1 Å². The predicted octanol–water partition coefficient (Wildman–Crippen LogP) is 3.64. The average molecular weight is 337 g/mol. The van der Waals surface area contributed by atoms with Gasteiger partial charge < -0.3 is 9.47 Å². The monoisotopic (exact) mass is 336 g/mol. The number of aromatic nitrogens is 2. The van der Waals surface area contributed by atoms with Crippen LogP contribution in [0.3, 0.4) is 0 Å². The van der Waals surface area contributed by atoms with E-state index in [2.05, 4.69) is 21.0 Å². The summed E-state index contributed by atoms with van der Waals surface area (Å²) in [7, 11) is 1.66. The second kappa shape index (κ2) is 5.87. The smallest absolute Gasteiger partial charge is 0.172 e. The van der Waals surface area contributed by atoms with Crippen LogP contribution in [0.1, 0.15) is 18.4 Å². The fraction of sp³-hybridized carbons (Fsp3) is 0.400. The van der Waals surface area contributed by atoms with Crippen molar-refractivity contribution in [3.63, 3.8) is 0 Å². The Kier molecular flexibility index (Phi) is 3.96. The lowest BCUT2D eigenvalue weighted by Gasteiger charge is -2.06. The van der Waals surface area contributed by atoms with E-state index in [4.69, 9.17) is 9.47 Å². The molecule has 0 spiro atoms. The Labute approximate surface area is 126 Å². The molecule has 2 aromatic rings. The number of rotatable bonds is 6. The second-order valence-electron chi connectivity index (χ2n) is 5.06. The van der Waals surface area contributed by atoms with Crippen LogP contribution in [0.25, 0.3) is 0 Å². The van der Waals surface area contributed by atoms with Crippen LogP contribution in [0.4, 0.5) is 0 Å². The van der Waals surface area contributed by atoms with Crippen molar-refractivity contribution in [3.05, 3.63) is 40.6 Å². The molecule has 0 saturated heterocycles. The molecule has 0 amide bonds. The van der Waals surface area contributed by atoms with Gasteiger partial charge in [0.25, 0.3) is 0 Å². The van der Waals surface area contributed by atoms with Crippen molar-refractivity contribution in [2.75, 3.05) is 7.11 Å². The molecule has 0 atom stereocenters. The van der Waals surface area contributed by atoms with Crippen LogP contribution in [-0.2, 0) is 13.2 Å². The highest BCUT2D eigenvalue weighted by Gasteiger charge is 2.23. The molecule has 1 aliphatic carbocycles. The highest BCUT2D eigenvalue weighted by atomic mass is 79.9. The Bertz CT molecular complexity index is 576. The molecule has 1 aromatic heterocycles. The lowest BCUT2D eigenvalue weighted by atomic mass is 10.2. The van der Waals surface area contributed by atoms with E-state index in [0.29, 0.717) is 6.61 Å². The fourth-order valence-electron chi connectivity index (χ4n) is 2.01. The number of benzene rings is 1. The summed E-state index contributed by atoms with van der Waals surface area (Å²) in [6.07, 6.45) is 4.40. The molecule has 0 aliphatic heterocycles. The summed E-state index contributed by atoms with van der Waals surface area (Å²) in [6, 6.07) is 7.87. The third kappa shape index (κ3) is 3.15. The highest BCUT2D eigenvalue weighted by Crippen LogP contribution is 2.33. The van der Waals surface area contributed by atoms with Crippen molar-refractivity contribution in [1.82, 2.24) is 9.78 Å². The minimum atomic E-state index is 0.526.